The van der Waals surface area contributed by atoms with E-state index in [1.54, 1.807) is 5.56 Å². The van der Waals surface area contributed by atoms with E-state index in [-0.39, 0.29) is 0 Å². The van der Waals surface area contributed by atoms with Gasteiger partial charge in [-0.15, -0.1) is 0 Å². The summed E-state index contributed by atoms with van der Waals surface area (Å²) < 4.78 is 0. The fraction of sp³-hybridized carbons (Fsp3) is 0.789. The number of hydrogen-bond donors (Lipinski definition) is 0. The van der Waals surface area contributed by atoms with Crippen molar-refractivity contribution in [3.05, 3.63) is 40.0 Å². The summed E-state index contributed by atoms with van der Waals surface area (Å²) in [7, 11) is 0. The van der Waals surface area contributed by atoms with Crippen molar-refractivity contribution in [2.75, 3.05) is 0 Å². The third-order valence-corrected chi connectivity index (χ3v) is 12.0. The summed E-state index contributed by atoms with van der Waals surface area (Å²) in [6.45, 7) is 4.66. The summed E-state index contributed by atoms with van der Waals surface area (Å²) in [5.74, 6) is 4.12. The predicted octanol–water partition coefficient (Wildman–Crippen LogP) is 12.6. The summed E-state index contributed by atoms with van der Waals surface area (Å²) in [6, 6.07) is 0. The summed E-state index contributed by atoms with van der Waals surface area (Å²) in [6.07, 6.45) is 38.9. The third kappa shape index (κ3) is 5.59. The first-order valence-corrected chi connectivity index (χ1v) is 17.7. The second kappa shape index (κ2) is 13.1. The molecule has 0 unspecified atom stereocenters. The first kappa shape index (κ1) is 27.1. The zero-order chi connectivity index (χ0) is 25.7. The van der Waals surface area contributed by atoms with Crippen LogP contribution < -0.4 is 0 Å². The van der Waals surface area contributed by atoms with Gasteiger partial charge >= 0.3 is 0 Å². The fourth-order valence-electron chi connectivity index (χ4n) is 10.2. The predicted molar refractivity (Wildman–Crippen MR) is 166 cm³/mol. The Hall–Kier alpha value is -1.04. The lowest BCUT2D eigenvalue weighted by molar-refractivity contribution is 0.385. The largest absolute Gasteiger partial charge is 0.0984 e. The minimum atomic E-state index is 0.804. The van der Waals surface area contributed by atoms with Gasteiger partial charge in [0.2, 0.25) is 0 Å². The van der Waals surface area contributed by atoms with Gasteiger partial charge in [-0.25, -0.2) is 0 Å². The molecule has 0 nitrogen and oxygen atoms in total. The average Bonchev–Trinajstić information content (AvgIpc) is 3.01. The van der Waals surface area contributed by atoms with Crippen molar-refractivity contribution < 1.29 is 0 Å². The minimum Gasteiger partial charge on any atom is -0.0984 e. The zero-order valence-electron chi connectivity index (χ0n) is 24.8. The molecule has 0 amide bonds. The van der Waals surface area contributed by atoms with Crippen LogP contribution in [0.25, 0.3) is 6.08 Å². The highest BCUT2D eigenvalue weighted by Crippen LogP contribution is 2.55. The van der Waals surface area contributed by atoms with E-state index >= 15 is 0 Å². The van der Waals surface area contributed by atoms with Crippen molar-refractivity contribution in [2.24, 2.45) is 0 Å². The molecule has 0 heteroatoms. The average molecular weight is 515 g/mol. The molecule has 0 aliphatic heterocycles. The van der Waals surface area contributed by atoms with Gasteiger partial charge in [0.15, 0.2) is 0 Å². The molecule has 0 bridgehead atoms. The lowest BCUT2D eigenvalue weighted by Gasteiger charge is -2.42. The molecule has 5 fully saturated rings. The van der Waals surface area contributed by atoms with Crippen molar-refractivity contribution in [1.82, 2.24) is 0 Å². The van der Waals surface area contributed by atoms with Crippen LogP contribution in [0.5, 0.6) is 0 Å². The zero-order valence-corrected chi connectivity index (χ0v) is 24.8. The summed E-state index contributed by atoms with van der Waals surface area (Å²) >= 11 is 0. The molecule has 5 saturated carbocycles. The first-order valence-electron chi connectivity index (χ1n) is 17.7. The van der Waals surface area contributed by atoms with Crippen molar-refractivity contribution in [3.8, 4) is 0 Å². The second-order valence-corrected chi connectivity index (χ2v) is 14.4. The molecule has 0 heterocycles. The van der Waals surface area contributed by atoms with Gasteiger partial charge < -0.3 is 0 Å². The van der Waals surface area contributed by atoms with E-state index in [9.17, 15) is 0 Å². The van der Waals surface area contributed by atoms with Crippen molar-refractivity contribution in [1.29, 1.82) is 0 Å². The molecular formula is C38H58. The van der Waals surface area contributed by atoms with Crippen LogP contribution in [0.3, 0.4) is 0 Å². The van der Waals surface area contributed by atoms with Gasteiger partial charge in [-0.1, -0.05) is 109 Å². The first-order chi connectivity index (χ1) is 18.9. The molecular weight excluding hydrogens is 456 g/mol. The van der Waals surface area contributed by atoms with E-state index in [1.807, 2.05) is 27.8 Å². The molecule has 6 rings (SSSR count). The van der Waals surface area contributed by atoms with E-state index in [4.69, 9.17) is 0 Å². The molecule has 38 heavy (non-hydrogen) atoms. The number of rotatable bonds is 6. The number of benzene rings is 1. The minimum absolute atomic E-state index is 0.804. The van der Waals surface area contributed by atoms with Gasteiger partial charge in [0.05, 0.1) is 0 Å². The molecule has 0 aromatic heterocycles. The van der Waals surface area contributed by atoms with E-state index in [1.165, 1.54) is 161 Å². The molecule has 0 atom stereocenters. The normalized spacial score (nSPS) is 26.0. The van der Waals surface area contributed by atoms with Crippen LogP contribution in [0.4, 0.5) is 0 Å². The van der Waals surface area contributed by atoms with Gasteiger partial charge in [-0.2, -0.15) is 0 Å². The Bertz CT molecular complexity index is 845. The molecule has 0 saturated heterocycles. The van der Waals surface area contributed by atoms with Crippen LogP contribution >= 0.6 is 0 Å². The van der Waals surface area contributed by atoms with Crippen LogP contribution in [0, 0.1) is 0 Å². The molecule has 0 radical (unpaired) electrons. The van der Waals surface area contributed by atoms with E-state index in [0.717, 1.165) is 29.6 Å². The molecule has 1 aromatic rings. The van der Waals surface area contributed by atoms with Gasteiger partial charge in [0.1, 0.15) is 0 Å². The van der Waals surface area contributed by atoms with Crippen molar-refractivity contribution in [2.45, 2.75) is 190 Å². The van der Waals surface area contributed by atoms with Crippen molar-refractivity contribution in [3.63, 3.8) is 0 Å². The Morgan fingerprint density at radius 2 is 0.526 bits per heavy atom. The molecule has 1 aromatic carbocycles. The number of hydrogen-bond acceptors (Lipinski definition) is 0. The third-order valence-electron chi connectivity index (χ3n) is 12.0. The molecule has 210 valence electrons. The fourth-order valence-corrected chi connectivity index (χ4v) is 10.2. The highest BCUT2D eigenvalue weighted by atomic mass is 14.4. The second-order valence-electron chi connectivity index (χ2n) is 14.4. The Kier molecular flexibility index (Phi) is 9.35. The Morgan fingerprint density at radius 1 is 0.316 bits per heavy atom. The van der Waals surface area contributed by atoms with Gasteiger partial charge in [0.25, 0.3) is 0 Å². The van der Waals surface area contributed by atoms with Crippen LogP contribution in [-0.2, 0) is 0 Å². The Balaban J connectivity index is 1.64. The van der Waals surface area contributed by atoms with Crippen molar-refractivity contribution >= 4 is 6.08 Å². The summed E-state index contributed by atoms with van der Waals surface area (Å²) in [4.78, 5) is 0. The molecule has 0 N–H and O–H groups in total. The Morgan fingerprint density at radius 3 is 0.763 bits per heavy atom. The standard InChI is InChI=1S/C38H58/c1-2-33-34(28-18-8-3-9-19-28)36(30-22-12-5-13-23-30)38(32-26-16-7-17-27-32)37(31-24-14-6-15-25-31)35(33)29-20-10-4-11-21-29/h2,28-32H,1,3-27H2. The molecule has 5 aliphatic carbocycles. The van der Waals surface area contributed by atoms with Crippen LogP contribution in [0.1, 0.15) is 223 Å². The van der Waals surface area contributed by atoms with Crippen LogP contribution in [0.15, 0.2) is 6.58 Å². The van der Waals surface area contributed by atoms with E-state index in [0.29, 0.717) is 0 Å². The lowest BCUT2D eigenvalue weighted by atomic mass is 9.62. The topological polar surface area (TPSA) is 0 Å². The van der Waals surface area contributed by atoms with E-state index < -0.39 is 0 Å². The summed E-state index contributed by atoms with van der Waals surface area (Å²) in [5, 5.41) is 0. The van der Waals surface area contributed by atoms with Gasteiger partial charge in [0, 0.05) is 0 Å². The quantitative estimate of drug-likeness (QED) is 0.354. The molecule has 0 spiro atoms. The monoisotopic (exact) mass is 514 g/mol. The molecule has 5 aliphatic rings. The maximum absolute atomic E-state index is 4.66. The van der Waals surface area contributed by atoms with Gasteiger partial charge in [-0.3, -0.25) is 0 Å². The highest BCUT2D eigenvalue weighted by Gasteiger charge is 2.38. The van der Waals surface area contributed by atoms with Crippen LogP contribution in [-0.4, -0.2) is 0 Å². The maximum atomic E-state index is 4.66. The smallest absolute Gasteiger partial charge is 0.0153 e. The Labute approximate surface area is 235 Å². The SMILES string of the molecule is C=Cc1c(C2CCCCC2)c(C2CCCCC2)c(C2CCCCC2)c(C2CCCCC2)c1C1CCCCC1. The summed E-state index contributed by atoms with van der Waals surface area (Å²) in [5.41, 5.74) is 11.5. The maximum Gasteiger partial charge on any atom is -0.0153 e. The van der Waals surface area contributed by atoms with Gasteiger partial charge in [-0.05, 0) is 127 Å². The highest BCUT2D eigenvalue weighted by molar-refractivity contribution is 5.68. The van der Waals surface area contributed by atoms with E-state index in [2.05, 4.69) is 12.7 Å². The lowest BCUT2D eigenvalue weighted by Crippen LogP contribution is -2.25. The van der Waals surface area contributed by atoms with Crippen LogP contribution in [0.2, 0.25) is 0 Å².